The third-order valence-corrected chi connectivity index (χ3v) is 6.39. The van der Waals surface area contributed by atoms with E-state index in [2.05, 4.69) is 19.9 Å². The first-order valence-electron chi connectivity index (χ1n) is 11.9. The normalized spacial score (nSPS) is 14.0. The second-order valence-electron chi connectivity index (χ2n) is 8.62. The maximum atomic E-state index is 13.4. The van der Waals surface area contributed by atoms with E-state index in [0.717, 1.165) is 27.8 Å². The highest BCUT2D eigenvalue weighted by Gasteiger charge is 2.24. The summed E-state index contributed by atoms with van der Waals surface area (Å²) in [5, 5.41) is 0.878. The number of ether oxygens (including phenoxy) is 3. The van der Waals surface area contributed by atoms with Crippen LogP contribution in [0.15, 0.2) is 54.9 Å². The third kappa shape index (κ3) is 5.29. The Labute approximate surface area is 214 Å². The van der Waals surface area contributed by atoms with Crippen LogP contribution in [0.3, 0.4) is 0 Å². The molecule has 0 spiro atoms. The van der Waals surface area contributed by atoms with Crippen molar-refractivity contribution in [3.63, 3.8) is 0 Å². The van der Waals surface area contributed by atoms with Gasteiger partial charge >= 0.3 is 0 Å². The molecule has 1 saturated heterocycles. The van der Waals surface area contributed by atoms with Gasteiger partial charge in [-0.1, -0.05) is 12.1 Å². The highest BCUT2D eigenvalue weighted by molar-refractivity contribution is 5.98. The maximum Gasteiger partial charge on any atom is 0.272 e. The van der Waals surface area contributed by atoms with Crippen molar-refractivity contribution < 1.29 is 19.0 Å². The van der Waals surface area contributed by atoms with Crippen LogP contribution in [-0.2, 0) is 6.54 Å². The second-order valence-corrected chi connectivity index (χ2v) is 8.62. The molecule has 190 valence electrons. The van der Waals surface area contributed by atoms with Gasteiger partial charge in [0.1, 0.15) is 17.3 Å². The Morgan fingerprint density at radius 2 is 1.54 bits per heavy atom. The molecule has 4 aromatic rings. The number of piperazine rings is 1. The van der Waals surface area contributed by atoms with Gasteiger partial charge in [0.05, 0.1) is 39.5 Å². The molecule has 1 fully saturated rings. The molecule has 0 N–H and O–H groups in total. The van der Waals surface area contributed by atoms with Crippen molar-refractivity contribution in [2.45, 2.75) is 6.54 Å². The molecule has 10 heteroatoms. The summed E-state index contributed by atoms with van der Waals surface area (Å²) in [7, 11) is 4.76. The smallest absolute Gasteiger partial charge is 0.272 e. The van der Waals surface area contributed by atoms with Gasteiger partial charge < -0.3 is 19.1 Å². The summed E-state index contributed by atoms with van der Waals surface area (Å²) in [6.07, 6.45) is 3.54. The second kappa shape index (κ2) is 10.8. The molecule has 1 amide bonds. The summed E-state index contributed by atoms with van der Waals surface area (Å²) in [6.45, 7) is 3.11. The fourth-order valence-electron chi connectivity index (χ4n) is 4.34. The highest BCUT2D eigenvalue weighted by atomic mass is 16.5. The molecule has 0 bridgehead atoms. The predicted molar refractivity (Wildman–Crippen MR) is 138 cm³/mol. The predicted octanol–water partition coefficient (Wildman–Crippen LogP) is 3.07. The molecule has 4 heterocycles. The van der Waals surface area contributed by atoms with Gasteiger partial charge in [0.15, 0.2) is 0 Å². The van der Waals surface area contributed by atoms with Crippen molar-refractivity contribution in [2.24, 2.45) is 0 Å². The molecule has 0 atom stereocenters. The number of aromatic nitrogens is 4. The molecule has 1 aromatic carbocycles. The van der Waals surface area contributed by atoms with Crippen molar-refractivity contribution in [1.29, 1.82) is 0 Å². The molecule has 3 aromatic heterocycles. The third-order valence-electron chi connectivity index (χ3n) is 6.39. The number of rotatable bonds is 7. The summed E-state index contributed by atoms with van der Waals surface area (Å²) in [5.41, 5.74) is 2.99. The fourth-order valence-corrected chi connectivity index (χ4v) is 4.34. The topological polar surface area (TPSA) is 103 Å². The van der Waals surface area contributed by atoms with E-state index in [0.29, 0.717) is 56.0 Å². The lowest BCUT2D eigenvalue weighted by atomic mass is 10.0. The number of carbonyl (C=O) groups is 1. The summed E-state index contributed by atoms with van der Waals surface area (Å²) in [6, 6.07) is 13.0. The van der Waals surface area contributed by atoms with Crippen LogP contribution < -0.4 is 14.2 Å². The lowest BCUT2D eigenvalue weighted by Gasteiger charge is -2.34. The number of pyridine rings is 2. The number of nitrogens with zero attached hydrogens (tertiary/aromatic N) is 6. The van der Waals surface area contributed by atoms with Crippen LogP contribution in [0.4, 0.5) is 0 Å². The van der Waals surface area contributed by atoms with E-state index in [1.165, 1.54) is 0 Å². The molecule has 1 aliphatic rings. The molecular formula is C27H28N6O4. The zero-order valence-corrected chi connectivity index (χ0v) is 21.0. The minimum Gasteiger partial charge on any atom is -0.497 e. The van der Waals surface area contributed by atoms with E-state index >= 15 is 0 Å². The first kappa shape index (κ1) is 24.4. The van der Waals surface area contributed by atoms with Crippen molar-refractivity contribution in [3.8, 4) is 28.6 Å². The van der Waals surface area contributed by atoms with E-state index < -0.39 is 0 Å². The van der Waals surface area contributed by atoms with Crippen molar-refractivity contribution in [3.05, 3.63) is 66.4 Å². The SMILES string of the molecule is COc1ccc(-c2cncc3ccc(C(=O)N4CCN(Cc5nc(OC)cc(OC)n5)CC4)nc23)cc1. The maximum absolute atomic E-state index is 13.4. The molecule has 5 rings (SSSR count). The monoisotopic (exact) mass is 500 g/mol. The molecule has 0 saturated carbocycles. The zero-order valence-electron chi connectivity index (χ0n) is 21.0. The molecule has 0 aliphatic carbocycles. The van der Waals surface area contributed by atoms with Gasteiger partial charge in [-0.2, -0.15) is 9.97 Å². The lowest BCUT2D eigenvalue weighted by Crippen LogP contribution is -2.48. The molecule has 0 radical (unpaired) electrons. The molecule has 1 aliphatic heterocycles. The van der Waals surface area contributed by atoms with Crippen LogP contribution in [0.2, 0.25) is 0 Å². The average Bonchev–Trinajstić information content (AvgIpc) is 2.96. The Morgan fingerprint density at radius 3 is 2.19 bits per heavy atom. The van der Waals surface area contributed by atoms with Gasteiger partial charge in [-0.15, -0.1) is 0 Å². The van der Waals surface area contributed by atoms with E-state index in [4.69, 9.17) is 19.2 Å². The number of amides is 1. The van der Waals surface area contributed by atoms with Gasteiger partial charge in [-0.3, -0.25) is 14.7 Å². The zero-order chi connectivity index (χ0) is 25.8. The Kier molecular flexibility index (Phi) is 7.09. The highest BCUT2D eigenvalue weighted by Crippen LogP contribution is 2.28. The van der Waals surface area contributed by atoms with Crippen LogP contribution in [-0.4, -0.2) is 83.2 Å². The number of fused-ring (bicyclic) bond motifs is 1. The van der Waals surface area contributed by atoms with Crippen LogP contribution in [0.25, 0.3) is 22.0 Å². The summed E-state index contributed by atoms with van der Waals surface area (Å²) in [4.78, 5) is 35.4. The minimum atomic E-state index is -0.0849. The summed E-state index contributed by atoms with van der Waals surface area (Å²) in [5.74, 6) is 2.23. The van der Waals surface area contributed by atoms with Gasteiger partial charge in [0, 0.05) is 49.5 Å². The van der Waals surface area contributed by atoms with Crippen LogP contribution in [0, 0.1) is 0 Å². The van der Waals surface area contributed by atoms with E-state index in [1.54, 1.807) is 45.9 Å². The first-order valence-corrected chi connectivity index (χ1v) is 11.9. The molecule has 0 unspecified atom stereocenters. The van der Waals surface area contributed by atoms with E-state index in [-0.39, 0.29) is 5.91 Å². The molecule has 10 nitrogen and oxygen atoms in total. The van der Waals surface area contributed by atoms with Crippen LogP contribution in [0.1, 0.15) is 16.3 Å². The summed E-state index contributed by atoms with van der Waals surface area (Å²) < 4.78 is 15.8. The number of hydrogen-bond acceptors (Lipinski definition) is 9. The van der Waals surface area contributed by atoms with Crippen molar-refractivity contribution in [2.75, 3.05) is 47.5 Å². The van der Waals surface area contributed by atoms with Crippen molar-refractivity contribution >= 4 is 16.8 Å². The van der Waals surface area contributed by atoms with Crippen LogP contribution >= 0.6 is 0 Å². The van der Waals surface area contributed by atoms with Crippen molar-refractivity contribution in [1.82, 2.24) is 29.7 Å². The summed E-state index contributed by atoms with van der Waals surface area (Å²) >= 11 is 0. The molecular weight excluding hydrogens is 472 g/mol. The minimum absolute atomic E-state index is 0.0849. The van der Waals surface area contributed by atoms with Gasteiger partial charge in [-0.05, 0) is 29.8 Å². The van der Waals surface area contributed by atoms with Gasteiger partial charge in [-0.25, -0.2) is 4.98 Å². The lowest BCUT2D eigenvalue weighted by molar-refractivity contribution is 0.0620. The number of methoxy groups -OCH3 is 3. The van der Waals surface area contributed by atoms with Gasteiger partial charge in [0.2, 0.25) is 11.8 Å². The fraction of sp³-hybridized carbons (Fsp3) is 0.296. The number of benzene rings is 1. The Morgan fingerprint density at radius 1 is 0.838 bits per heavy atom. The van der Waals surface area contributed by atoms with E-state index in [1.807, 2.05) is 35.2 Å². The largest absolute Gasteiger partial charge is 0.497 e. The quantitative estimate of drug-likeness (QED) is 0.379. The molecule has 37 heavy (non-hydrogen) atoms. The Balaban J connectivity index is 1.30. The van der Waals surface area contributed by atoms with E-state index in [9.17, 15) is 4.79 Å². The first-order chi connectivity index (χ1) is 18.1. The van der Waals surface area contributed by atoms with Crippen LogP contribution in [0.5, 0.6) is 17.5 Å². The average molecular weight is 501 g/mol. The van der Waals surface area contributed by atoms with Gasteiger partial charge in [0.25, 0.3) is 5.91 Å². The standard InChI is InChI=1S/C27H28N6O4/c1-35-20-7-4-18(5-8-20)21-16-28-15-19-6-9-22(29-26(19)21)27(34)33-12-10-32(11-13-33)17-23-30-24(36-2)14-25(31-23)37-3/h4-9,14-16H,10-13,17H2,1-3H3. The Hall–Kier alpha value is -4.31. The number of hydrogen-bond donors (Lipinski definition) is 0. The Bertz CT molecular complexity index is 1380. The number of carbonyl (C=O) groups excluding carboxylic acids is 1.